The maximum absolute atomic E-state index is 13.0. The van der Waals surface area contributed by atoms with E-state index >= 15 is 0 Å². The zero-order chi connectivity index (χ0) is 18.4. The topological polar surface area (TPSA) is 12.0 Å². The Morgan fingerprint density at radius 3 is 2.25 bits per heavy atom. The van der Waals surface area contributed by atoms with Crippen molar-refractivity contribution in [3.05, 3.63) is 29.3 Å². The number of unbranched alkanes of at least 4 members (excludes halogenated alkanes) is 2. The number of thioether (sulfide) groups is 1. The van der Waals surface area contributed by atoms with E-state index < -0.39 is 23.5 Å². The third kappa shape index (κ3) is 6.83. The Kier molecular flexibility index (Phi) is 7.76. The highest BCUT2D eigenvalue weighted by Gasteiger charge is 2.38. The third-order valence-corrected chi connectivity index (χ3v) is 4.61. The van der Waals surface area contributed by atoms with Gasteiger partial charge < -0.3 is 5.32 Å². The first-order chi connectivity index (χ1) is 11.1. The van der Waals surface area contributed by atoms with Crippen LogP contribution in [0.15, 0.2) is 18.2 Å². The van der Waals surface area contributed by atoms with Gasteiger partial charge in [-0.3, -0.25) is 0 Å². The minimum atomic E-state index is -4.85. The zero-order valence-electron chi connectivity index (χ0n) is 13.5. The van der Waals surface area contributed by atoms with E-state index in [0.29, 0.717) is 6.07 Å². The molecule has 0 amide bonds. The van der Waals surface area contributed by atoms with E-state index in [1.807, 2.05) is 6.92 Å². The van der Waals surface area contributed by atoms with Crippen molar-refractivity contribution in [3.63, 3.8) is 0 Å². The van der Waals surface area contributed by atoms with Crippen molar-refractivity contribution in [1.82, 2.24) is 0 Å². The second-order valence-corrected chi connectivity index (χ2v) is 6.98. The van der Waals surface area contributed by atoms with Crippen molar-refractivity contribution in [2.24, 2.45) is 0 Å². The highest BCUT2D eigenvalue weighted by molar-refractivity contribution is 7.99. The molecule has 0 aliphatic carbocycles. The number of rotatable bonds is 8. The predicted octanol–water partition coefficient (Wildman–Crippen LogP) is 6.80. The molecule has 8 heteroatoms. The van der Waals surface area contributed by atoms with Gasteiger partial charge in [0.2, 0.25) is 0 Å². The van der Waals surface area contributed by atoms with Gasteiger partial charge in [-0.05, 0) is 24.6 Å². The van der Waals surface area contributed by atoms with Crippen LogP contribution in [-0.4, -0.2) is 11.1 Å². The van der Waals surface area contributed by atoms with Crippen LogP contribution in [-0.2, 0) is 12.4 Å². The average Bonchev–Trinajstić information content (AvgIpc) is 2.45. The van der Waals surface area contributed by atoms with Gasteiger partial charge in [-0.2, -0.15) is 26.3 Å². The van der Waals surface area contributed by atoms with Crippen molar-refractivity contribution < 1.29 is 26.3 Å². The summed E-state index contributed by atoms with van der Waals surface area (Å²) in [5, 5.41) is 2.87. The highest BCUT2D eigenvalue weighted by Crippen LogP contribution is 2.39. The standard InChI is InChI=1S/C16H21F6NS/c1-3-4-5-6-11(2)24-10-23-14-8-7-12(15(17,18)19)9-13(14)16(20,21)22/h7-9,11,23H,3-6,10H2,1-2H3/t11-/m0/s1. The summed E-state index contributed by atoms with van der Waals surface area (Å²) in [6.07, 6.45) is -5.44. The maximum atomic E-state index is 13.0. The van der Waals surface area contributed by atoms with Crippen molar-refractivity contribution in [2.45, 2.75) is 57.1 Å². The largest absolute Gasteiger partial charge is 0.418 e. The summed E-state index contributed by atoms with van der Waals surface area (Å²) in [5.41, 5.74) is -2.93. The molecule has 0 bridgehead atoms. The lowest BCUT2D eigenvalue weighted by molar-refractivity contribution is -0.142. The lowest BCUT2D eigenvalue weighted by Crippen LogP contribution is -2.14. The Morgan fingerprint density at radius 1 is 1.04 bits per heavy atom. The van der Waals surface area contributed by atoms with Gasteiger partial charge in [0.05, 0.1) is 17.0 Å². The van der Waals surface area contributed by atoms with Gasteiger partial charge in [-0.25, -0.2) is 0 Å². The van der Waals surface area contributed by atoms with Crippen LogP contribution in [0.25, 0.3) is 0 Å². The molecule has 0 saturated carbocycles. The number of nitrogens with one attached hydrogen (secondary N) is 1. The number of anilines is 1. The number of halogens is 6. The van der Waals surface area contributed by atoms with Crippen LogP contribution in [0, 0.1) is 0 Å². The average molecular weight is 373 g/mol. The van der Waals surface area contributed by atoms with E-state index in [1.54, 1.807) is 0 Å². The lowest BCUT2D eigenvalue weighted by Gasteiger charge is -2.18. The second kappa shape index (κ2) is 8.87. The van der Waals surface area contributed by atoms with Gasteiger partial charge in [0.1, 0.15) is 0 Å². The molecule has 24 heavy (non-hydrogen) atoms. The van der Waals surface area contributed by atoms with Crippen LogP contribution in [0.4, 0.5) is 32.0 Å². The van der Waals surface area contributed by atoms with Crippen molar-refractivity contribution in [1.29, 1.82) is 0 Å². The molecule has 0 aromatic heterocycles. The summed E-state index contributed by atoms with van der Waals surface area (Å²) >= 11 is 1.45. The van der Waals surface area contributed by atoms with E-state index in [9.17, 15) is 26.3 Å². The Hall–Kier alpha value is -1.05. The van der Waals surface area contributed by atoms with Crippen LogP contribution in [0.3, 0.4) is 0 Å². The molecule has 0 saturated heterocycles. The van der Waals surface area contributed by atoms with Gasteiger partial charge in [0.15, 0.2) is 0 Å². The molecule has 0 spiro atoms. The summed E-state index contributed by atoms with van der Waals surface area (Å²) < 4.78 is 76.8. The van der Waals surface area contributed by atoms with E-state index in [0.717, 1.165) is 31.7 Å². The molecule has 0 unspecified atom stereocenters. The van der Waals surface area contributed by atoms with E-state index in [1.165, 1.54) is 11.8 Å². The molecule has 0 radical (unpaired) electrons. The van der Waals surface area contributed by atoms with Gasteiger partial charge in [0.25, 0.3) is 0 Å². The van der Waals surface area contributed by atoms with Crippen molar-refractivity contribution >= 4 is 17.4 Å². The molecule has 1 aromatic rings. The summed E-state index contributed by atoms with van der Waals surface area (Å²) in [6, 6.07) is 1.65. The van der Waals surface area contributed by atoms with Gasteiger partial charge in [-0.15, -0.1) is 11.8 Å². The lowest BCUT2D eigenvalue weighted by atomic mass is 10.1. The summed E-state index contributed by atoms with van der Waals surface area (Å²) in [4.78, 5) is 0. The number of hydrogen-bond donors (Lipinski definition) is 1. The molecule has 0 aliphatic rings. The smallest absolute Gasteiger partial charge is 0.376 e. The summed E-state index contributed by atoms with van der Waals surface area (Å²) in [5.74, 6) is 0.210. The normalized spacial score (nSPS) is 13.8. The molecule has 1 N–H and O–H groups in total. The van der Waals surface area contributed by atoms with Crippen LogP contribution < -0.4 is 5.32 Å². The molecule has 1 rings (SSSR count). The van der Waals surface area contributed by atoms with Crippen LogP contribution in [0.2, 0.25) is 0 Å². The SMILES string of the molecule is CCCCC[C@H](C)SCNc1ccc(C(F)(F)F)cc1C(F)(F)F. The third-order valence-electron chi connectivity index (χ3n) is 3.50. The molecular formula is C16H21F6NS. The number of hydrogen-bond acceptors (Lipinski definition) is 2. The molecule has 1 atom stereocenters. The first-order valence-electron chi connectivity index (χ1n) is 7.69. The Morgan fingerprint density at radius 2 is 1.71 bits per heavy atom. The maximum Gasteiger partial charge on any atom is 0.418 e. The molecule has 0 fully saturated rings. The summed E-state index contributed by atoms with van der Waals surface area (Å²) in [6.45, 7) is 4.07. The molecular weight excluding hydrogens is 352 g/mol. The Labute approximate surface area is 142 Å². The van der Waals surface area contributed by atoms with Gasteiger partial charge in [0, 0.05) is 10.9 Å². The summed E-state index contributed by atoms with van der Waals surface area (Å²) in [7, 11) is 0. The van der Waals surface area contributed by atoms with Gasteiger partial charge >= 0.3 is 12.4 Å². The molecule has 1 nitrogen and oxygen atoms in total. The van der Waals surface area contributed by atoms with Crippen molar-refractivity contribution in [3.8, 4) is 0 Å². The van der Waals surface area contributed by atoms with Crippen LogP contribution in [0.5, 0.6) is 0 Å². The van der Waals surface area contributed by atoms with Crippen molar-refractivity contribution in [2.75, 3.05) is 11.2 Å². The molecule has 0 aliphatic heterocycles. The number of alkyl halides is 6. The monoisotopic (exact) mass is 373 g/mol. The minimum Gasteiger partial charge on any atom is -0.376 e. The second-order valence-electron chi connectivity index (χ2n) is 5.55. The van der Waals surface area contributed by atoms with Crippen LogP contribution in [0.1, 0.15) is 50.7 Å². The predicted molar refractivity (Wildman–Crippen MR) is 86.1 cm³/mol. The molecule has 0 heterocycles. The zero-order valence-corrected chi connectivity index (χ0v) is 14.3. The van der Waals surface area contributed by atoms with E-state index in [2.05, 4.69) is 12.2 Å². The Bertz CT molecular complexity index is 512. The molecule has 1 aromatic carbocycles. The highest BCUT2D eigenvalue weighted by atomic mass is 32.2. The molecule has 138 valence electrons. The first kappa shape index (κ1) is 21.0. The Balaban J connectivity index is 2.74. The number of benzene rings is 1. The fourth-order valence-electron chi connectivity index (χ4n) is 2.14. The van der Waals surface area contributed by atoms with Gasteiger partial charge in [-0.1, -0.05) is 33.1 Å². The minimum absolute atomic E-state index is 0.150. The van der Waals surface area contributed by atoms with E-state index in [-0.39, 0.29) is 22.9 Å². The van der Waals surface area contributed by atoms with Crippen LogP contribution >= 0.6 is 11.8 Å². The quantitative estimate of drug-likeness (QED) is 0.306. The first-order valence-corrected chi connectivity index (χ1v) is 8.74. The van der Waals surface area contributed by atoms with E-state index in [4.69, 9.17) is 0 Å². The fraction of sp³-hybridized carbons (Fsp3) is 0.625. The fourth-order valence-corrected chi connectivity index (χ4v) is 2.99.